The fourth-order valence-corrected chi connectivity index (χ4v) is 3.08. The lowest BCUT2D eigenvalue weighted by Crippen LogP contribution is -2.29. The molecule has 0 fully saturated rings. The number of carbonyl (C=O) groups excluding carboxylic acids is 1. The molecular weight excluding hydrogens is 423 g/mol. The number of carbonyl (C=O) groups is 1. The molecule has 2 aromatic heterocycles. The first-order valence-electron chi connectivity index (χ1n) is 7.24. The lowest BCUT2D eigenvalue weighted by Gasteiger charge is -2.15. The van der Waals surface area contributed by atoms with Gasteiger partial charge in [-0.05, 0) is 25.1 Å². The first-order valence-corrected chi connectivity index (χ1v) is 8.50. The van der Waals surface area contributed by atoms with E-state index in [1.807, 2.05) is 0 Å². The maximum Gasteiger partial charge on any atom is 0.416 e. The van der Waals surface area contributed by atoms with Gasteiger partial charge in [-0.15, -0.1) is 11.3 Å². The molecule has 1 N–H and O–H groups in total. The number of nitrogens with one attached hydrogen (secondary N) is 1. The van der Waals surface area contributed by atoms with Crippen LogP contribution < -0.4 is 5.32 Å². The Balaban J connectivity index is 0.00000261. The third-order valence-electron chi connectivity index (χ3n) is 3.40. The van der Waals surface area contributed by atoms with E-state index in [2.05, 4.69) is 20.4 Å². The van der Waals surface area contributed by atoms with Gasteiger partial charge in [0, 0.05) is 22.2 Å². The van der Waals surface area contributed by atoms with Gasteiger partial charge in [0.2, 0.25) is 5.13 Å². The Kier molecular flexibility index (Phi) is 6.50. The summed E-state index contributed by atoms with van der Waals surface area (Å²) in [6.45, 7) is 1.64. The van der Waals surface area contributed by atoms with Crippen molar-refractivity contribution in [3.63, 3.8) is 0 Å². The zero-order valence-electron chi connectivity index (χ0n) is 13.7. The standard InChI is InChI=1S/C15H11ClF3N5OS.H2S/c1-8(12-21-7-22-24(12)14-20-2-3-26-14)23-13(25)9-4-10(15(17,18)19)6-11(16)5-9;/h2-8H,1H3,(H,23,25);1H2/t8-;/m0./s1. The SMILES string of the molecule is C[C@H](NC(=O)c1cc(Cl)cc(C(F)(F)F)c1)c1ncnn1-c1nccs1.S. The summed E-state index contributed by atoms with van der Waals surface area (Å²) in [5, 5.41) is 8.79. The van der Waals surface area contributed by atoms with Gasteiger partial charge in [0.15, 0.2) is 5.82 Å². The quantitative estimate of drug-likeness (QED) is 0.672. The molecule has 2 heterocycles. The summed E-state index contributed by atoms with van der Waals surface area (Å²) >= 11 is 7.04. The third kappa shape index (κ3) is 4.79. The first-order chi connectivity index (χ1) is 12.3. The summed E-state index contributed by atoms with van der Waals surface area (Å²) in [7, 11) is 0. The predicted octanol–water partition coefficient (Wildman–Crippen LogP) is 4.00. The Morgan fingerprint density at radius 1 is 1.30 bits per heavy atom. The average molecular weight is 436 g/mol. The van der Waals surface area contributed by atoms with Crippen LogP contribution in [0.3, 0.4) is 0 Å². The molecule has 1 atom stereocenters. The molecular formula is C15H13ClF3N5OS2. The second-order valence-corrected chi connectivity index (χ2v) is 6.58. The molecule has 3 rings (SSSR count). The summed E-state index contributed by atoms with van der Waals surface area (Å²) in [4.78, 5) is 20.6. The molecule has 0 saturated carbocycles. The Labute approximate surface area is 167 Å². The molecule has 0 spiro atoms. The molecule has 12 heteroatoms. The van der Waals surface area contributed by atoms with Gasteiger partial charge in [-0.2, -0.15) is 36.4 Å². The van der Waals surface area contributed by atoms with Crippen LogP contribution >= 0.6 is 36.4 Å². The van der Waals surface area contributed by atoms with Gasteiger partial charge in [-0.3, -0.25) is 4.79 Å². The Hall–Kier alpha value is -2.11. The highest BCUT2D eigenvalue weighted by atomic mass is 35.5. The van der Waals surface area contributed by atoms with E-state index >= 15 is 0 Å². The summed E-state index contributed by atoms with van der Waals surface area (Å²) in [6.07, 6.45) is -1.70. The zero-order valence-corrected chi connectivity index (χ0v) is 16.2. The number of aromatic nitrogens is 4. The molecule has 1 amide bonds. The molecule has 0 aliphatic rings. The van der Waals surface area contributed by atoms with E-state index in [0.29, 0.717) is 11.0 Å². The fraction of sp³-hybridized carbons (Fsp3) is 0.200. The van der Waals surface area contributed by atoms with Crippen LogP contribution in [0.5, 0.6) is 0 Å². The fourth-order valence-electron chi connectivity index (χ4n) is 2.24. The summed E-state index contributed by atoms with van der Waals surface area (Å²) < 4.78 is 40.1. The highest BCUT2D eigenvalue weighted by Gasteiger charge is 2.32. The number of nitrogens with zero attached hydrogens (tertiary/aromatic N) is 4. The number of thiazole rings is 1. The van der Waals surface area contributed by atoms with Crippen LogP contribution in [0.2, 0.25) is 5.02 Å². The minimum Gasteiger partial charge on any atom is -0.342 e. The van der Waals surface area contributed by atoms with E-state index in [1.54, 1.807) is 18.5 Å². The number of halogens is 4. The van der Waals surface area contributed by atoms with E-state index in [1.165, 1.54) is 28.4 Å². The second-order valence-electron chi connectivity index (χ2n) is 5.27. The topological polar surface area (TPSA) is 72.7 Å². The molecule has 0 saturated heterocycles. The highest BCUT2D eigenvalue weighted by Crippen LogP contribution is 2.32. The van der Waals surface area contributed by atoms with Crippen molar-refractivity contribution in [1.29, 1.82) is 0 Å². The predicted molar refractivity (Wildman–Crippen MR) is 99.7 cm³/mol. The van der Waals surface area contributed by atoms with E-state index in [0.717, 1.165) is 12.1 Å². The minimum absolute atomic E-state index is 0. The number of alkyl halides is 3. The van der Waals surface area contributed by atoms with Crippen LogP contribution in [-0.4, -0.2) is 25.7 Å². The van der Waals surface area contributed by atoms with Crippen LogP contribution in [0, 0.1) is 0 Å². The van der Waals surface area contributed by atoms with Crippen molar-refractivity contribution in [3.8, 4) is 5.13 Å². The monoisotopic (exact) mass is 435 g/mol. The van der Waals surface area contributed by atoms with Crippen LogP contribution in [-0.2, 0) is 6.18 Å². The Morgan fingerprint density at radius 2 is 2.04 bits per heavy atom. The van der Waals surface area contributed by atoms with Crippen LogP contribution in [0.25, 0.3) is 5.13 Å². The van der Waals surface area contributed by atoms with Crippen molar-refractivity contribution < 1.29 is 18.0 Å². The molecule has 0 aliphatic heterocycles. The number of amides is 1. The molecule has 3 aromatic rings. The van der Waals surface area contributed by atoms with E-state index < -0.39 is 23.7 Å². The number of hydrogen-bond donors (Lipinski definition) is 1. The maximum atomic E-state index is 12.9. The first kappa shape index (κ1) is 21.2. The molecule has 0 bridgehead atoms. The number of benzene rings is 1. The van der Waals surface area contributed by atoms with E-state index in [-0.39, 0.29) is 24.1 Å². The second kappa shape index (κ2) is 8.28. The van der Waals surface area contributed by atoms with Gasteiger partial charge in [-0.1, -0.05) is 11.6 Å². The smallest absolute Gasteiger partial charge is 0.342 e. The highest BCUT2D eigenvalue weighted by molar-refractivity contribution is 7.59. The van der Waals surface area contributed by atoms with E-state index in [4.69, 9.17) is 11.6 Å². The van der Waals surface area contributed by atoms with Gasteiger partial charge in [0.05, 0.1) is 11.6 Å². The van der Waals surface area contributed by atoms with Crippen molar-refractivity contribution in [3.05, 3.63) is 58.1 Å². The maximum absolute atomic E-state index is 12.9. The molecule has 0 aliphatic carbocycles. The van der Waals surface area contributed by atoms with E-state index in [9.17, 15) is 18.0 Å². The van der Waals surface area contributed by atoms with Crippen molar-refractivity contribution in [2.45, 2.75) is 19.1 Å². The number of rotatable bonds is 4. The van der Waals surface area contributed by atoms with Gasteiger partial charge in [0.25, 0.3) is 5.91 Å². The lowest BCUT2D eigenvalue weighted by molar-refractivity contribution is -0.137. The zero-order chi connectivity index (χ0) is 18.9. The largest absolute Gasteiger partial charge is 0.416 e. The average Bonchev–Trinajstić information content (AvgIpc) is 3.24. The summed E-state index contributed by atoms with van der Waals surface area (Å²) in [6, 6.07) is 2.06. The Bertz CT molecular complexity index is 930. The molecule has 1 aromatic carbocycles. The lowest BCUT2D eigenvalue weighted by atomic mass is 10.1. The molecule has 0 radical (unpaired) electrons. The molecule has 0 unspecified atom stereocenters. The molecule has 144 valence electrons. The third-order valence-corrected chi connectivity index (χ3v) is 4.36. The van der Waals surface area contributed by atoms with Gasteiger partial charge in [-0.25, -0.2) is 9.97 Å². The van der Waals surface area contributed by atoms with Gasteiger partial charge < -0.3 is 5.32 Å². The van der Waals surface area contributed by atoms with Crippen LogP contribution in [0.4, 0.5) is 13.2 Å². The molecule has 6 nitrogen and oxygen atoms in total. The van der Waals surface area contributed by atoms with Crippen molar-refractivity contribution in [1.82, 2.24) is 25.1 Å². The number of hydrogen-bond acceptors (Lipinski definition) is 5. The Morgan fingerprint density at radius 3 is 2.67 bits per heavy atom. The summed E-state index contributed by atoms with van der Waals surface area (Å²) in [5.41, 5.74) is -1.19. The van der Waals surface area contributed by atoms with Crippen LogP contribution in [0.1, 0.15) is 34.7 Å². The molecule has 27 heavy (non-hydrogen) atoms. The van der Waals surface area contributed by atoms with Crippen molar-refractivity contribution in [2.24, 2.45) is 0 Å². The van der Waals surface area contributed by atoms with Crippen molar-refractivity contribution in [2.75, 3.05) is 0 Å². The minimum atomic E-state index is -4.60. The van der Waals surface area contributed by atoms with Gasteiger partial charge >= 0.3 is 6.18 Å². The summed E-state index contributed by atoms with van der Waals surface area (Å²) in [5.74, 6) is -0.314. The van der Waals surface area contributed by atoms with Gasteiger partial charge in [0.1, 0.15) is 6.33 Å². The van der Waals surface area contributed by atoms with Crippen molar-refractivity contribution >= 4 is 42.3 Å². The van der Waals surface area contributed by atoms with Crippen LogP contribution in [0.15, 0.2) is 36.1 Å². The normalized spacial score (nSPS) is 12.3.